The summed E-state index contributed by atoms with van der Waals surface area (Å²) in [5.74, 6) is 0.419. The maximum absolute atomic E-state index is 6.47. The van der Waals surface area contributed by atoms with Crippen molar-refractivity contribution < 1.29 is 4.74 Å². The van der Waals surface area contributed by atoms with Crippen molar-refractivity contribution in [3.63, 3.8) is 0 Å². The lowest BCUT2D eigenvalue weighted by molar-refractivity contribution is 0.0243. The molecule has 0 radical (unpaired) electrons. The zero-order chi connectivity index (χ0) is 11.6. The van der Waals surface area contributed by atoms with Crippen molar-refractivity contribution in [3.05, 3.63) is 34.3 Å². The molecule has 0 saturated carbocycles. The number of hydrogen-bond donors (Lipinski definition) is 1. The van der Waals surface area contributed by atoms with Crippen LogP contribution in [0.4, 0.5) is 0 Å². The van der Waals surface area contributed by atoms with Crippen molar-refractivity contribution in [2.75, 3.05) is 13.2 Å². The number of nitrogens with two attached hydrogens (primary N) is 1. The Labute approximate surface area is 105 Å². The predicted molar refractivity (Wildman–Crippen MR) is 69.2 cm³/mol. The van der Waals surface area contributed by atoms with Gasteiger partial charge in [-0.05, 0) is 37.5 Å². The fourth-order valence-electron chi connectivity index (χ4n) is 2.26. The molecule has 2 atom stereocenters. The minimum atomic E-state index is -0.291. The van der Waals surface area contributed by atoms with Crippen molar-refractivity contribution in [2.45, 2.75) is 25.3 Å². The molecule has 88 valence electrons. The molecule has 0 amide bonds. The van der Waals surface area contributed by atoms with Crippen LogP contribution in [0.3, 0.4) is 0 Å². The summed E-state index contributed by atoms with van der Waals surface area (Å²) in [7, 11) is 0. The SMILES string of the molecule is CC(N)(c1ccc(Br)cc1)C1CCCOC1. The van der Waals surface area contributed by atoms with Crippen LogP contribution in [0.25, 0.3) is 0 Å². The highest BCUT2D eigenvalue weighted by molar-refractivity contribution is 9.10. The Hall–Kier alpha value is -0.380. The zero-order valence-electron chi connectivity index (χ0n) is 9.58. The van der Waals surface area contributed by atoms with Crippen LogP contribution in [0.1, 0.15) is 25.3 Å². The molecule has 2 nitrogen and oxygen atoms in total. The normalized spacial score (nSPS) is 25.1. The molecule has 1 aromatic carbocycles. The number of halogens is 1. The zero-order valence-corrected chi connectivity index (χ0v) is 11.2. The van der Waals surface area contributed by atoms with Gasteiger partial charge in [0.1, 0.15) is 0 Å². The van der Waals surface area contributed by atoms with E-state index in [4.69, 9.17) is 10.5 Å². The van der Waals surface area contributed by atoms with Gasteiger partial charge in [0.15, 0.2) is 0 Å². The van der Waals surface area contributed by atoms with E-state index in [0.29, 0.717) is 5.92 Å². The number of benzene rings is 1. The number of ether oxygens (including phenoxy) is 1. The molecule has 1 aromatic rings. The molecular weight excluding hydrogens is 266 g/mol. The molecule has 2 unspecified atom stereocenters. The third-order valence-corrected chi connectivity index (χ3v) is 4.00. The molecule has 0 bridgehead atoms. The number of rotatable bonds is 2. The average Bonchev–Trinajstić information content (AvgIpc) is 2.31. The van der Waals surface area contributed by atoms with Crippen molar-refractivity contribution in [1.82, 2.24) is 0 Å². The summed E-state index contributed by atoms with van der Waals surface area (Å²) in [6, 6.07) is 8.28. The molecule has 0 spiro atoms. The van der Waals surface area contributed by atoms with E-state index in [2.05, 4.69) is 35.0 Å². The Morgan fingerprint density at radius 1 is 1.38 bits per heavy atom. The fourth-order valence-corrected chi connectivity index (χ4v) is 2.52. The Balaban J connectivity index is 2.19. The monoisotopic (exact) mass is 283 g/mol. The van der Waals surface area contributed by atoms with Gasteiger partial charge in [0.05, 0.1) is 6.61 Å². The summed E-state index contributed by atoms with van der Waals surface area (Å²) in [6.07, 6.45) is 2.27. The number of hydrogen-bond acceptors (Lipinski definition) is 2. The van der Waals surface area contributed by atoms with E-state index in [9.17, 15) is 0 Å². The standard InChI is InChI=1S/C13H18BrNO/c1-13(15,11-3-2-8-16-9-11)10-4-6-12(14)7-5-10/h4-7,11H,2-3,8-9,15H2,1H3. The van der Waals surface area contributed by atoms with Gasteiger partial charge in [-0.2, -0.15) is 0 Å². The van der Waals surface area contributed by atoms with Crippen molar-refractivity contribution in [3.8, 4) is 0 Å². The highest BCUT2D eigenvalue weighted by Gasteiger charge is 2.33. The van der Waals surface area contributed by atoms with Crippen LogP contribution >= 0.6 is 15.9 Å². The van der Waals surface area contributed by atoms with Crippen LogP contribution in [0.5, 0.6) is 0 Å². The van der Waals surface area contributed by atoms with Gasteiger partial charge in [-0.15, -0.1) is 0 Å². The van der Waals surface area contributed by atoms with Crippen LogP contribution in [0, 0.1) is 5.92 Å². The second kappa shape index (κ2) is 4.86. The van der Waals surface area contributed by atoms with Gasteiger partial charge in [-0.25, -0.2) is 0 Å². The van der Waals surface area contributed by atoms with E-state index in [0.717, 1.165) is 30.5 Å². The van der Waals surface area contributed by atoms with Crippen LogP contribution < -0.4 is 5.73 Å². The third kappa shape index (κ3) is 2.47. The predicted octanol–water partition coefficient (Wildman–Crippen LogP) is 3.05. The second-order valence-corrected chi connectivity index (χ2v) is 5.62. The largest absolute Gasteiger partial charge is 0.381 e. The molecule has 1 heterocycles. The first-order chi connectivity index (χ1) is 7.60. The lowest BCUT2D eigenvalue weighted by atomic mass is 9.78. The molecule has 2 N–H and O–H groups in total. The Bertz CT molecular complexity index is 341. The van der Waals surface area contributed by atoms with Crippen molar-refractivity contribution in [2.24, 2.45) is 11.7 Å². The van der Waals surface area contributed by atoms with Crippen LogP contribution in [0.2, 0.25) is 0 Å². The Morgan fingerprint density at radius 3 is 2.62 bits per heavy atom. The average molecular weight is 284 g/mol. The van der Waals surface area contributed by atoms with Gasteiger partial charge in [-0.3, -0.25) is 0 Å². The maximum atomic E-state index is 6.47. The molecule has 1 aliphatic rings. The third-order valence-electron chi connectivity index (χ3n) is 3.47. The van der Waals surface area contributed by atoms with Crippen molar-refractivity contribution >= 4 is 15.9 Å². The Kier molecular flexibility index (Phi) is 3.67. The van der Waals surface area contributed by atoms with E-state index < -0.39 is 0 Å². The van der Waals surface area contributed by atoms with Crippen LogP contribution in [-0.4, -0.2) is 13.2 Å². The summed E-state index contributed by atoms with van der Waals surface area (Å²) in [4.78, 5) is 0. The van der Waals surface area contributed by atoms with Gasteiger partial charge in [-0.1, -0.05) is 28.1 Å². The van der Waals surface area contributed by atoms with Gasteiger partial charge in [0, 0.05) is 22.5 Å². The highest BCUT2D eigenvalue weighted by atomic mass is 79.9. The van der Waals surface area contributed by atoms with Crippen molar-refractivity contribution in [1.29, 1.82) is 0 Å². The molecule has 2 rings (SSSR count). The summed E-state index contributed by atoms with van der Waals surface area (Å²) in [6.45, 7) is 3.77. The molecule has 1 fully saturated rings. The lowest BCUT2D eigenvalue weighted by Gasteiger charge is -2.37. The molecule has 1 saturated heterocycles. The molecule has 16 heavy (non-hydrogen) atoms. The lowest BCUT2D eigenvalue weighted by Crippen LogP contribution is -2.44. The van der Waals surface area contributed by atoms with Gasteiger partial charge in [0.25, 0.3) is 0 Å². The van der Waals surface area contributed by atoms with Crippen LogP contribution in [0.15, 0.2) is 28.7 Å². The van der Waals surface area contributed by atoms with E-state index in [1.165, 1.54) is 5.56 Å². The van der Waals surface area contributed by atoms with Gasteiger partial charge >= 0.3 is 0 Å². The molecule has 0 aliphatic carbocycles. The topological polar surface area (TPSA) is 35.2 Å². The van der Waals surface area contributed by atoms with E-state index in [1.54, 1.807) is 0 Å². The summed E-state index contributed by atoms with van der Waals surface area (Å²) < 4.78 is 6.61. The first-order valence-corrected chi connectivity index (χ1v) is 6.52. The quantitative estimate of drug-likeness (QED) is 0.906. The molecule has 3 heteroatoms. The summed E-state index contributed by atoms with van der Waals surface area (Å²) in [5, 5.41) is 0. The van der Waals surface area contributed by atoms with Crippen LogP contribution in [-0.2, 0) is 10.3 Å². The second-order valence-electron chi connectivity index (χ2n) is 4.70. The van der Waals surface area contributed by atoms with E-state index >= 15 is 0 Å². The van der Waals surface area contributed by atoms with E-state index in [1.807, 2.05) is 12.1 Å². The fraction of sp³-hybridized carbons (Fsp3) is 0.538. The molecule has 1 aliphatic heterocycles. The van der Waals surface area contributed by atoms with E-state index in [-0.39, 0.29) is 5.54 Å². The first kappa shape index (κ1) is 12.1. The minimum absolute atomic E-state index is 0.291. The highest BCUT2D eigenvalue weighted by Crippen LogP contribution is 2.32. The maximum Gasteiger partial charge on any atom is 0.0515 e. The first-order valence-electron chi connectivity index (χ1n) is 5.73. The smallest absolute Gasteiger partial charge is 0.0515 e. The van der Waals surface area contributed by atoms with Gasteiger partial charge < -0.3 is 10.5 Å². The summed E-state index contributed by atoms with van der Waals surface area (Å²) in [5.41, 5.74) is 7.36. The minimum Gasteiger partial charge on any atom is -0.381 e. The molecular formula is C13H18BrNO. The Morgan fingerprint density at radius 2 is 2.06 bits per heavy atom. The summed E-state index contributed by atoms with van der Waals surface area (Å²) >= 11 is 3.44. The van der Waals surface area contributed by atoms with Gasteiger partial charge in [0.2, 0.25) is 0 Å². The molecule has 0 aromatic heterocycles.